The van der Waals surface area contributed by atoms with Crippen molar-refractivity contribution in [1.29, 1.82) is 0 Å². The first-order valence-electron chi connectivity index (χ1n) is 9.10. The van der Waals surface area contributed by atoms with Crippen LogP contribution in [0.5, 0.6) is 0 Å². The van der Waals surface area contributed by atoms with E-state index in [1.807, 2.05) is 6.07 Å². The number of anilines is 2. The number of likely N-dealkylation sites (tertiary alicyclic amines) is 1. The average molecular weight is 303 g/mol. The number of hydrogen-bond donors (Lipinski definition) is 2. The Morgan fingerprint density at radius 3 is 2.68 bits per heavy atom. The zero-order chi connectivity index (χ0) is 15.8. The summed E-state index contributed by atoms with van der Waals surface area (Å²) in [6.07, 6.45) is 7.62. The molecule has 1 unspecified atom stereocenters. The Morgan fingerprint density at radius 1 is 1.23 bits per heavy atom. The van der Waals surface area contributed by atoms with E-state index in [-0.39, 0.29) is 0 Å². The number of nitrogens with zero attached hydrogens (tertiary/aromatic N) is 1. The molecule has 1 atom stereocenters. The predicted molar refractivity (Wildman–Crippen MR) is 97.6 cm³/mol. The summed E-state index contributed by atoms with van der Waals surface area (Å²) in [4.78, 5) is 2.58. The van der Waals surface area contributed by atoms with E-state index in [1.54, 1.807) is 0 Å². The van der Waals surface area contributed by atoms with Crippen molar-refractivity contribution in [3.63, 3.8) is 0 Å². The molecule has 124 valence electrons. The summed E-state index contributed by atoms with van der Waals surface area (Å²) < 4.78 is 0. The largest absolute Gasteiger partial charge is 0.399 e. The fourth-order valence-corrected chi connectivity index (χ4v) is 3.54. The van der Waals surface area contributed by atoms with Gasteiger partial charge in [-0.2, -0.15) is 0 Å². The van der Waals surface area contributed by atoms with Gasteiger partial charge in [0.05, 0.1) is 0 Å². The first-order chi connectivity index (χ1) is 10.7. The molecule has 22 heavy (non-hydrogen) atoms. The highest BCUT2D eigenvalue weighted by atomic mass is 15.1. The van der Waals surface area contributed by atoms with Crippen LogP contribution in [-0.2, 0) is 0 Å². The van der Waals surface area contributed by atoms with Crippen LogP contribution in [0.1, 0.15) is 63.9 Å². The van der Waals surface area contributed by atoms with Gasteiger partial charge in [-0.1, -0.05) is 20.3 Å². The number of benzene rings is 1. The molecule has 2 rings (SSSR count). The summed E-state index contributed by atoms with van der Waals surface area (Å²) in [5.41, 5.74) is 9.60. The predicted octanol–water partition coefficient (Wildman–Crippen LogP) is 4.46. The second-order valence-corrected chi connectivity index (χ2v) is 6.57. The van der Waals surface area contributed by atoms with Crippen molar-refractivity contribution in [2.24, 2.45) is 0 Å². The average Bonchev–Trinajstić information content (AvgIpc) is 3.03. The van der Waals surface area contributed by atoms with Crippen molar-refractivity contribution in [3.8, 4) is 0 Å². The van der Waals surface area contributed by atoms with Gasteiger partial charge in [0, 0.05) is 17.9 Å². The van der Waals surface area contributed by atoms with Crippen LogP contribution >= 0.6 is 0 Å². The molecule has 0 radical (unpaired) electrons. The molecule has 3 nitrogen and oxygen atoms in total. The van der Waals surface area contributed by atoms with E-state index < -0.39 is 0 Å². The highest BCUT2D eigenvalue weighted by Crippen LogP contribution is 2.32. The molecule has 3 N–H and O–H groups in total. The van der Waals surface area contributed by atoms with Gasteiger partial charge in [-0.05, 0) is 81.4 Å². The Kier molecular flexibility index (Phi) is 7.04. The van der Waals surface area contributed by atoms with Crippen LogP contribution in [-0.4, -0.2) is 31.1 Å². The van der Waals surface area contributed by atoms with E-state index in [9.17, 15) is 0 Å². The second-order valence-electron chi connectivity index (χ2n) is 6.57. The summed E-state index contributed by atoms with van der Waals surface area (Å²) in [5.74, 6) is 0.620. The highest BCUT2D eigenvalue weighted by molar-refractivity contribution is 5.59. The third-order valence-corrected chi connectivity index (χ3v) is 4.81. The smallest absolute Gasteiger partial charge is 0.0377 e. The molecule has 1 aliphatic heterocycles. The molecular weight excluding hydrogens is 270 g/mol. The Bertz CT molecular complexity index is 438. The van der Waals surface area contributed by atoms with E-state index in [0.717, 1.165) is 12.2 Å². The third kappa shape index (κ3) is 4.91. The minimum absolute atomic E-state index is 0.620. The maximum atomic E-state index is 6.02. The van der Waals surface area contributed by atoms with Gasteiger partial charge in [-0.3, -0.25) is 0 Å². The van der Waals surface area contributed by atoms with E-state index in [2.05, 4.69) is 36.2 Å². The molecule has 3 heteroatoms. The van der Waals surface area contributed by atoms with Crippen molar-refractivity contribution < 1.29 is 0 Å². The van der Waals surface area contributed by atoms with Gasteiger partial charge >= 0.3 is 0 Å². The first kappa shape index (κ1) is 17.1. The molecule has 1 aromatic carbocycles. The number of nitrogens with one attached hydrogen (secondary N) is 1. The van der Waals surface area contributed by atoms with Gasteiger partial charge in [0.2, 0.25) is 0 Å². The number of rotatable bonds is 9. The van der Waals surface area contributed by atoms with Crippen molar-refractivity contribution in [2.75, 3.05) is 37.2 Å². The van der Waals surface area contributed by atoms with Crippen molar-refractivity contribution >= 4 is 11.4 Å². The van der Waals surface area contributed by atoms with Crippen LogP contribution in [0.2, 0.25) is 0 Å². The summed E-state index contributed by atoms with van der Waals surface area (Å²) >= 11 is 0. The van der Waals surface area contributed by atoms with Crippen LogP contribution in [0.3, 0.4) is 0 Å². The molecule has 0 aliphatic carbocycles. The van der Waals surface area contributed by atoms with Gasteiger partial charge in [0.1, 0.15) is 0 Å². The molecule has 0 saturated carbocycles. The molecule has 0 bridgehead atoms. The monoisotopic (exact) mass is 303 g/mol. The molecule has 1 aliphatic rings. The Hall–Kier alpha value is -1.22. The van der Waals surface area contributed by atoms with Crippen LogP contribution in [0.4, 0.5) is 11.4 Å². The number of nitrogen functional groups attached to an aromatic ring is 1. The quantitative estimate of drug-likeness (QED) is 0.523. The summed E-state index contributed by atoms with van der Waals surface area (Å²) in [6.45, 7) is 9.40. The molecule has 1 fully saturated rings. The molecule has 0 amide bonds. The summed E-state index contributed by atoms with van der Waals surface area (Å²) in [5, 5.41) is 3.66. The van der Waals surface area contributed by atoms with E-state index in [1.165, 1.54) is 69.4 Å². The fourth-order valence-electron chi connectivity index (χ4n) is 3.54. The van der Waals surface area contributed by atoms with E-state index >= 15 is 0 Å². The molecule has 1 aromatic rings. The van der Waals surface area contributed by atoms with Gasteiger partial charge in [-0.25, -0.2) is 0 Å². The minimum Gasteiger partial charge on any atom is -0.399 e. The first-order valence-corrected chi connectivity index (χ1v) is 9.10. The zero-order valence-corrected chi connectivity index (χ0v) is 14.4. The van der Waals surface area contributed by atoms with Crippen LogP contribution in [0.25, 0.3) is 0 Å². The Labute approximate surface area is 136 Å². The highest BCUT2D eigenvalue weighted by Gasteiger charge is 2.14. The minimum atomic E-state index is 0.620. The van der Waals surface area contributed by atoms with Crippen LogP contribution in [0.15, 0.2) is 18.2 Å². The standard InChI is InChI=1S/C19H33N3/c1-3-8-16(4-2)18-15-17(20)9-10-19(18)21-11-7-14-22-12-5-6-13-22/h9-10,15-16,21H,3-8,11-14,20H2,1-2H3. The lowest BCUT2D eigenvalue weighted by Gasteiger charge is -2.21. The SMILES string of the molecule is CCCC(CC)c1cc(N)ccc1NCCCN1CCCC1. The van der Waals surface area contributed by atoms with Gasteiger partial charge in [-0.15, -0.1) is 0 Å². The Balaban J connectivity index is 1.90. The van der Waals surface area contributed by atoms with Crippen LogP contribution in [0, 0.1) is 0 Å². The van der Waals surface area contributed by atoms with Crippen molar-refractivity contribution in [1.82, 2.24) is 4.90 Å². The van der Waals surface area contributed by atoms with E-state index in [0.29, 0.717) is 5.92 Å². The summed E-state index contributed by atoms with van der Waals surface area (Å²) in [6, 6.07) is 6.36. The molecular formula is C19H33N3. The van der Waals surface area contributed by atoms with Gasteiger partial charge in [0.15, 0.2) is 0 Å². The maximum absolute atomic E-state index is 6.02. The Morgan fingerprint density at radius 2 is 2.00 bits per heavy atom. The maximum Gasteiger partial charge on any atom is 0.0377 e. The van der Waals surface area contributed by atoms with Crippen molar-refractivity contribution in [3.05, 3.63) is 23.8 Å². The van der Waals surface area contributed by atoms with Gasteiger partial charge in [0.25, 0.3) is 0 Å². The zero-order valence-electron chi connectivity index (χ0n) is 14.4. The van der Waals surface area contributed by atoms with Crippen LogP contribution < -0.4 is 11.1 Å². The van der Waals surface area contributed by atoms with E-state index in [4.69, 9.17) is 5.73 Å². The second kappa shape index (κ2) is 9.04. The lowest BCUT2D eigenvalue weighted by Crippen LogP contribution is -2.22. The molecule has 0 spiro atoms. The fraction of sp³-hybridized carbons (Fsp3) is 0.684. The molecule has 1 heterocycles. The molecule has 0 aromatic heterocycles. The number of nitrogens with two attached hydrogens (primary N) is 1. The molecule has 1 saturated heterocycles. The summed E-state index contributed by atoms with van der Waals surface area (Å²) in [7, 11) is 0. The normalized spacial score (nSPS) is 16.8. The lowest BCUT2D eigenvalue weighted by atomic mass is 9.90. The van der Waals surface area contributed by atoms with Gasteiger partial charge < -0.3 is 16.0 Å². The van der Waals surface area contributed by atoms with Crippen molar-refractivity contribution in [2.45, 2.75) is 58.3 Å². The third-order valence-electron chi connectivity index (χ3n) is 4.81. The number of hydrogen-bond acceptors (Lipinski definition) is 3. The topological polar surface area (TPSA) is 41.3 Å². The lowest BCUT2D eigenvalue weighted by molar-refractivity contribution is 0.337.